The number of carbonyl (C=O) groups excluding carboxylic acids is 1. The van der Waals surface area contributed by atoms with Gasteiger partial charge in [0.05, 0.1) is 12.6 Å². The van der Waals surface area contributed by atoms with Gasteiger partial charge in [-0.1, -0.05) is 20.3 Å². The van der Waals surface area contributed by atoms with Crippen molar-refractivity contribution in [3.8, 4) is 0 Å². The monoisotopic (exact) mass is 228 g/mol. The minimum atomic E-state index is -0.419. The van der Waals surface area contributed by atoms with Crippen LogP contribution in [0, 0.1) is 5.92 Å². The summed E-state index contributed by atoms with van der Waals surface area (Å²) >= 11 is 0. The molecule has 2 atom stereocenters. The Bertz CT molecular complexity index is 229. The van der Waals surface area contributed by atoms with Crippen molar-refractivity contribution in [2.24, 2.45) is 11.7 Å². The highest BCUT2D eigenvalue weighted by molar-refractivity contribution is 5.82. The van der Waals surface area contributed by atoms with Gasteiger partial charge in [0.25, 0.3) is 0 Å². The third kappa shape index (κ3) is 2.95. The van der Waals surface area contributed by atoms with Gasteiger partial charge in [-0.05, 0) is 25.2 Å². The Hall–Kier alpha value is -0.610. The van der Waals surface area contributed by atoms with Crippen LogP contribution in [0.5, 0.6) is 0 Å². The molecule has 4 heteroatoms. The van der Waals surface area contributed by atoms with Crippen LogP contribution in [-0.2, 0) is 4.79 Å². The number of carbonyl (C=O) groups is 1. The number of aliphatic hydroxyl groups is 1. The van der Waals surface area contributed by atoms with Crippen molar-refractivity contribution < 1.29 is 9.90 Å². The number of hydrogen-bond donors (Lipinski definition) is 2. The number of nitrogens with two attached hydrogens (primary N) is 1. The zero-order valence-electron chi connectivity index (χ0n) is 10.4. The summed E-state index contributed by atoms with van der Waals surface area (Å²) in [4.78, 5) is 13.9. The maximum absolute atomic E-state index is 12.2. The lowest BCUT2D eigenvalue weighted by Crippen LogP contribution is -2.53. The minimum absolute atomic E-state index is 0.00750. The van der Waals surface area contributed by atoms with Crippen molar-refractivity contribution in [2.75, 3.05) is 13.2 Å². The molecule has 0 radical (unpaired) electrons. The molecule has 0 aromatic carbocycles. The van der Waals surface area contributed by atoms with E-state index in [1.54, 1.807) is 4.90 Å². The van der Waals surface area contributed by atoms with Crippen LogP contribution in [0.4, 0.5) is 0 Å². The van der Waals surface area contributed by atoms with Gasteiger partial charge in [0.1, 0.15) is 0 Å². The number of hydrogen-bond acceptors (Lipinski definition) is 3. The van der Waals surface area contributed by atoms with Crippen molar-refractivity contribution >= 4 is 5.91 Å². The Morgan fingerprint density at radius 1 is 1.56 bits per heavy atom. The predicted octanol–water partition coefficient (Wildman–Crippen LogP) is 0.733. The SMILES string of the molecule is CCC(C)C(N)C(=O)N(CCO)C1CCC1. The second kappa shape index (κ2) is 6.21. The Balaban J connectivity index is 2.58. The largest absolute Gasteiger partial charge is 0.395 e. The Morgan fingerprint density at radius 3 is 2.56 bits per heavy atom. The Kier molecular flexibility index (Phi) is 5.22. The average molecular weight is 228 g/mol. The smallest absolute Gasteiger partial charge is 0.240 e. The van der Waals surface area contributed by atoms with Crippen LogP contribution in [-0.4, -0.2) is 41.1 Å². The molecule has 0 aromatic heterocycles. The fourth-order valence-corrected chi connectivity index (χ4v) is 1.97. The fraction of sp³-hybridized carbons (Fsp3) is 0.917. The Labute approximate surface area is 97.8 Å². The summed E-state index contributed by atoms with van der Waals surface area (Å²) in [7, 11) is 0. The molecule has 16 heavy (non-hydrogen) atoms. The third-order valence-corrected chi connectivity index (χ3v) is 3.68. The summed E-state index contributed by atoms with van der Waals surface area (Å²) in [5.74, 6) is 0.210. The molecular weight excluding hydrogens is 204 g/mol. The molecule has 1 aliphatic carbocycles. The Morgan fingerprint density at radius 2 is 2.19 bits per heavy atom. The van der Waals surface area contributed by atoms with Crippen LogP contribution in [0.15, 0.2) is 0 Å². The summed E-state index contributed by atoms with van der Waals surface area (Å²) in [6.45, 7) is 4.49. The van der Waals surface area contributed by atoms with E-state index in [0.717, 1.165) is 19.3 Å². The number of nitrogens with zero attached hydrogens (tertiary/aromatic N) is 1. The van der Waals surface area contributed by atoms with E-state index in [2.05, 4.69) is 0 Å². The first kappa shape index (κ1) is 13.5. The molecule has 1 fully saturated rings. The molecular formula is C12H24N2O2. The van der Waals surface area contributed by atoms with Crippen molar-refractivity contribution in [2.45, 2.75) is 51.6 Å². The van der Waals surface area contributed by atoms with Crippen LogP contribution in [0.2, 0.25) is 0 Å². The van der Waals surface area contributed by atoms with E-state index >= 15 is 0 Å². The second-order valence-electron chi connectivity index (χ2n) is 4.75. The molecule has 0 aromatic rings. The predicted molar refractivity (Wildman–Crippen MR) is 63.9 cm³/mol. The zero-order chi connectivity index (χ0) is 12.1. The summed E-state index contributed by atoms with van der Waals surface area (Å²) in [6, 6.07) is -0.105. The first-order chi connectivity index (χ1) is 7.61. The van der Waals surface area contributed by atoms with E-state index in [4.69, 9.17) is 10.8 Å². The maximum atomic E-state index is 12.2. The highest BCUT2D eigenvalue weighted by Gasteiger charge is 2.32. The maximum Gasteiger partial charge on any atom is 0.240 e. The first-order valence-corrected chi connectivity index (χ1v) is 6.28. The molecule has 4 nitrogen and oxygen atoms in total. The van der Waals surface area contributed by atoms with Gasteiger partial charge < -0.3 is 15.7 Å². The number of amides is 1. The van der Waals surface area contributed by atoms with Gasteiger partial charge in [0.15, 0.2) is 0 Å². The lowest BCUT2D eigenvalue weighted by atomic mass is 9.89. The van der Waals surface area contributed by atoms with Crippen LogP contribution in [0.1, 0.15) is 39.5 Å². The molecule has 0 saturated heterocycles. The highest BCUT2D eigenvalue weighted by Crippen LogP contribution is 2.25. The van der Waals surface area contributed by atoms with E-state index < -0.39 is 6.04 Å². The minimum Gasteiger partial charge on any atom is -0.395 e. The van der Waals surface area contributed by atoms with Crippen LogP contribution in [0.25, 0.3) is 0 Å². The highest BCUT2D eigenvalue weighted by atomic mass is 16.3. The molecule has 0 aliphatic heterocycles. The summed E-state index contributed by atoms with van der Waals surface area (Å²) in [5.41, 5.74) is 5.95. The van der Waals surface area contributed by atoms with Gasteiger partial charge in [-0.25, -0.2) is 0 Å². The topological polar surface area (TPSA) is 66.6 Å². The normalized spacial score (nSPS) is 20.0. The van der Waals surface area contributed by atoms with E-state index in [1.807, 2.05) is 13.8 Å². The van der Waals surface area contributed by atoms with Gasteiger partial charge in [-0.15, -0.1) is 0 Å². The van der Waals surface area contributed by atoms with E-state index in [-0.39, 0.29) is 18.4 Å². The van der Waals surface area contributed by atoms with Crippen molar-refractivity contribution in [3.05, 3.63) is 0 Å². The fourth-order valence-electron chi connectivity index (χ4n) is 1.97. The van der Waals surface area contributed by atoms with Gasteiger partial charge in [0, 0.05) is 12.6 Å². The van der Waals surface area contributed by atoms with Crippen LogP contribution >= 0.6 is 0 Å². The third-order valence-electron chi connectivity index (χ3n) is 3.68. The average Bonchev–Trinajstić information content (AvgIpc) is 2.23. The molecule has 1 saturated carbocycles. The van der Waals surface area contributed by atoms with E-state index in [9.17, 15) is 4.79 Å². The second-order valence-corrected chi connectivity index (χ2v) is 4.75. The number of rotatable bonds is 6. The van der Waals surface area contributed by atoms with Crippen molar-refractivity contribution in [3.63, 3.8) is 0 Å². The molecule has 0 bridgehead atoms. The van der Waals surface area contributed by atoms with Crippen LogP contribution < -0.4 is 5.73 Å². The van der Waals surface area contributed by atoms with Gasteiger partial charge in [0.2, 0.25) is 5.91 Å². The van der Waals surface area contributed by atoms with Crippen LogP contribution in [0.3, 0.4) is 0 Å². The standard InChI is InChI=1S/C12H24N2O2/c1-3-9(2)11(13)12(16)14(7-8-15)10-5-4-6-10/h9-11,15H,3-8,13H2,1-2H3. The summed E-state index contributed by atoms with van der Waals surface area (Å²) in [6.07, 6.45) is 4.20. The molecule has 0 spiro atoms. The molecule has 2 unspecified atom stereocenters. The number of aliphatic hydroxyl groups excluding tert-OH is 1. The molecule has 94 valence electrons. The van der Waals surface area contributed by atoms with Gasteiger partial charge in [-0.3, -0.25) is 4.79 Å². The quantitative estimate of drug-likeness (QED) is 0.704. The molecule has 1 rings (SSSR count). The summed E-state index contributed by atoms with van der Waals surface area (Å²) in [5, 5.41) is 9.00. The molecule has 0 heterocycles. The molecule has 3 N–H and O–H groups in total. The van der Waals surface area contributed by atoms with Crippen molar-refractivity contribution in [1.29, 1.82) is 0 Å². The van der Waals surface area contributed by atoms with E-state index in [1.165, 1.54) is 6.42 Å². The van der Waals surface area contributed by atoms with Gasteiger partial charge in [-0.2, -0.15) is 0 Å². The first-order valence-electron chi connectivity index (χ1n) is 6.28. The molecule has 1 aliphatic rings. The molecule has 1 amide bonds. The summed E-state index contributed by atoms with van der Waals surface area (Å²) < 4.78 is 0. The zero-order valence-corrected chi connectivity index (χ0v) is 10.4. The van der Waals surface area contributed by atoms with E-state index in [0.29, 0.717) is 12.6 Å². The van der Waals surface area contributed by atoms with Crippen molar-refractivity contribution in [1.82, 2.24) is 4.90 Å². The van der Waals surface area contributed by atoms with Gasteiger partial charge >= 0.3 is 0 Å². The lowest BCUT2D eigenvalue weighted by Gasteiger charge is -2.39. The lowest BCUT2D eigenvalue weighted by molar-refractivity contribution is -0.138.